The van der Waals surface area contributed by atoms with Gasteiger partial charge in [0, 0.05) is 72.6 Å². The van der Waals surface area contributed by atoms with Gasteiger partial charge in [-0.25, -0.2) is 18.7 Å². The van der Waals surface area contributed by atoms with E-state index in [4.69, 9.17) is 10.5 Å². The Morgan fingerprint density at radius 2 is 1.90 bits per heavy atom. The highest BCUT2D eigenvalue weighted by Crippen LogP contribution is 2.42. The number of rotatable bonds is 7. The molecule has 2 aliphatic heterocycles. The van der Waals surface area contributed by atoms with Gasteiger partial charge >= 0.3 is 0 Å². The maximum absolute atomic E-state index is 15.9. The molecule has 2 saturated heterocycles. The third kappa shape index (κ3) is 4.69. The molecule has 0 saturated carbocycles. The van der Waals surface area contributed by atoms with E-state index >= 15 is 4.39 Å². The van der Waals surface area contributed by atoms with Crippen molar-refractivity contribution in [1.82, 2.24) is 25.6 Å². The van der Waals surface area contributed by atoms with Gasteiger partial charge in [0.25, 0.3) is 11.8 Å². The first-order chi connectivity index (χ1) is 20.3. The average molecular weight is 572 g/mol. The van der Waals surface area contributed by atoms with Crippen LogP contribution in [0.4, 0.5) is 14.5 Å². The van der Waals surface area contributed by atoms with Crippen LogP contribution < -0.4 is 26.0 Å². The number of benzene rings is 2. The molecule has 12 heteroatoms. The van der Waals surface area contributed by atoms with E-state index in [1.807, 2.05) is 0 Å². The van der Waals surface area contributed by atoms with Crippen LogP contribution >= 0.6 is 0 Å². The van der Waals surface area contributed by atoms with E-state index in [2.05, 4.69) is 30.5 Å². The van der Waals surface area contributed by atoms with Gasteiger partial charge in [0.15, 0.2) is 5.82 Å². The summed E-state index contributed by atoms with van der Waals surface area (Å²) in [5.41, 5.74) is 7.77. The summed E-state index contributed by atoms with van der Waals surface area (Å²) in [4.78, 5) is 39.7. The van der Waals surface area contributed by atoms with E-state index in [-0.39, 0.29) is 57.6 Å². The van der Waals surface area contributed by atoms with Crippen LogP contribution in [0.5, 0.6) is 5.75 Å². The van der Waals surface area contributed by atoms with Crippen molar-refractivity contribution in [2.24, 2.45) is 5.73 Å². The van der Waals surface area contributed by atoms with Crippen LogP contribution in [-0.2, 0) is 0 Å². The van der Waals surface area contributed by atoms with Crippen molar-refractivity contribution in [2.75, 3.05) is 32.1 Å². The minimum Gasteiger partial charge on any atom is -0.496 e. The van der Waals surface area contributed by atoms with E-state index in [1.54, 1.807) is 18.2 Å². The molecule has 2 fully saturated rings. The number of carbonyl (C=O) groups excluding carboxylic acids is 2. The molecule has 214 valence electrons. The summed E-state index contributed by atoms with van der Waals surface area (Å²) in [6.45, 7) is 1.43. The fraction of sp³-hybridized carbons (Fsp3) is 0.233. The second-order valence-electron chi connectivity index (χ2n) is 10.1. The zero-order valence-corrected chi connectivity index (χ0v) is 22.8. The number of fused-ring (bicyclic) bond motifs is 2. The average Bonchev–Trinajstić information content (AvgIpc) is 3.64. The highest BCUT2D eigenvalue weighted by Gasteiger charge is 2.39. The third-order valence-electron chi connectivity index (χ3n) is 7.72. The molecule has 42 heavy (non-hydrogen) atoms. The fourth-order valence-corrected chi connectivity index (χ4v) is 5.69. The Morgan fingerprint density at radius 1 is 1.07 bits per heavy atom. The highest BCUT2D eigenvalue weighted by atomic mass is 19.1. The molecule has 0 spiro atoms. The van der Waals surface area contributed by atoms with Crippen LogP contribution in [0.2, 0.25) is 0 Å². The number of pyridine rings is 1. The van der Waals surface area contributed by atoms with Crippen LogP contribution in [0.3, 0.4) is 0 Å². The van der Waals surface area contributed by atoms with Gasteiger partial charge in [-0.2, -0.15) is 0 Å². The van der Waals surface area contributed by atoms with Gasteiger partial charge in [-0.05, 0) is 36.8 Å². The molecule has 4 N–H and O–H groups in total. The summed E-state index contributed by atoms with van der Waals surface area (Å²) in [5, 5.41) is 5.97. The number of aromatic nitrogens is 3. The first-order valence-electron chi connectivity index (χ1n) is 13.3. The molecule has 4 aromatic rings. The van der Waals surface area contributed by atoms with Crippen molar-refractivity contribution >= 4 is 17.5 Å². The summed E-state index contributed by atoms with van der Waals surface area (Å²) in [7, 11) is 2.89. The summed E-state index contributed by atoms with van der Waals surface area (Å²) in [6.07, 6.45) is 3.72. The Hall–Kier alpha value is -4.97. The molecule has 4 heterocycles. The Bertz CT molecular complexity index is 1710. The minimum atomic E-state index is -0.877. The predicted octanol–water partition coefficient (Wildman–Crippen LogP) is 3.17. The fourth-order valence-electron chi connectivity index (χ4n) is 5.69. The molecule has 2 aromatic carbocycles. The monoisotopic (exact) mass is 571 g/mol. The lowest BCUT2D eigenvalue weighted by Crippen LogP contribution is -2.43. The lowest BCUT2D eigenvalue weighted by atomic mass is 9.96. The Kier molecular flexibility index (Phi) is 6.99. The second kappa shape index (κ2) is 10.8. The number of piperazine rings is 1. The first kappa shape index (κ1) is 27.2. The lowest BCUT2D eigenvalue weighted by Gasteiger charge is -2.32. The molecule has 2 bridgehead atoms. The van der Waals surface area contributed by atoms with Gasteiger partial charge in [0.2, 0.25) is 0 Å². The van der Waals surface area contributed by atoms with Crippen LogP contribution in [0.1, 0.15) is 27.4 Å². The standard InChI is InChI=1S/C30H27F2N7O3/c1-34-30(41)23-7-6-15(11-36-23)18-10-24(39-14-16-8-17(39)12-35-16)19(9-22(18)32)20-13-37-29(38-27(20)28(33)40)26-21(31)4-3-5-25(26)42-2/h3-7,9-11,13,16-17,35H,8,12,14H2,1-2H3,(H2,33,40)(H,34,41)/t16-,17-/m0/s1. The Labute approximate surface area is 240 Å². The maximum Gasteiger partial charge on any atom is 0.269 e. The van der Waals surface area contributed by atoms with Gasteiger partial charge in [-0.15, -0.1) is 0 Å². The van der Waals surface area contributed by atoms with Gasteiger partial charge in [-0.3, -0.25) is 14.6 Å². The maximum atomic E-state index is 15.9. The number of nitrogens with zero attached hydrogens (tertiary/aromatic N) is 4. The third-order valence-corrected chi connectivity index (χ3v) is 7.72. The number of amides is 2. The van der Waals surface area contributed by atoms with Gasteiger partial charge in [0.05, 0.1) is 12.7 Å². The predicted molar refractivity (Wildman–Crippen MR) is 152 cm³/mol. The van der Waals surface area contributed by atoms with Gasteiger partial charge < -0.3 is 26.0 Å². The normalized spacial score (nSPS) is 17.4. The number of halogens is 2. The van der Waals surface area contributed by atoms with Crippen molar-refractivity contribution in [1.29, 1.82) is 0 Å². The largest absolute Gasteiger partial charge is 0.496 e. The number of ether oxygens (including phenoxy) is 1. The van der Waals surface area contributed by atoms with E-state index in [1.165, 1.54) is 50.8 Å². The molecule has 2 aromatic heterocycles. The number of nitrogens with one attached hydrogen (secondary N) is 2. The van der Waals surface area contributed by atoms with Gasteiger partial charge in [0.1, 0.15) is 28.8 Å². The molecular weight excluding hydrogens is 544 g/mol. The van der Waals surface area contributed by atoms with Crippen molar-refractivity contribution < 1.29 is 23.1 Å². The molecule has 2 amide bonds. The molecule has 6 rings (SSSR count). The molecule has 0 aliphatic carbocycles. The van der Waals surface area contributed by atoms with E-state index in [0.29, 0.717) is 23.4 Å². The Balaban J connectivity index is 1.51. The molecule has 2 atom stereocenters. The van der Waals surface area contributed by atoms with Crippen molar-refractivity contribution in [3.63, 3.8) is 0 Å². The molecule has 0 radical (unpaired) electrons. The second-order valence-corrected chi connectivity index (χ2v) is 10.1. The topological polar surface area (TPSA) is 135 Å². The van der Waals surface area contributed by atoms with Crippen LogP contribution in [0, 0.1) is 11.6 Å². The Morgan fingerprint density at radius 3 is 2.55 bits per heavy atom. The number of nitrogens with two attached hydrogens (primary N) is 1. The SMILES string of the molecule is CNC(=O)c1ccc(-c2cc(N3C[C@@H]4C[C@H]3CN4)c(-c3cnc(-c4c(F)cccc4OC)nc3C(N)=O)cc2F)cn1. The zero-order valence-electron chi connectivity index (χ0n) is 22.8. The molecule has 10 nitrogen and oxygen atoms in total. The lowest BCUT2D eigenvalue weighted by molar-refractivity contribution is 0.0956. The number of anilines is 1. The summed E-state index contributed by atoms with van der Waals surface area (Å²) < 4.78 is 36.0. The summed E-state index contributed by atoms with van der Waals surface area (Å²) in [5.74, 6) is -2.35. The minimum absolute atomic E-state index is 0.0218. The van der Waals surface area contributed by atoms with Crippen LogP contribution in [0.25, 0.3) is 33.6 Å². The zero-order chi connectivity index (χ0) is 29.5. The van der Waals surface area contributed by atoms with E-state index < -0.39 is 17.5 Å². The number of carbonyl (C=O) groups is 2. The van der Waals surface area contributed by atoms with E-state index in [9.17, 15) is 14.0 Å². The summed E-state index contributed by atoms with van der Waals surface area (Å²) >= 11 is 0. The van der Waals surface area contributed by atoms with Gasteiger partial charge in [-0.1, -0.05) is 12.1 Å². The molecule has 2 aliphatic rings. The van der Waals surface area contributed by atoms with Crippen LogP contribution in [0.15, 0.2) is 54.9 Å². The highest BCUT2D eigenvalue weighted by molar-refractivity contribution is 6.00. The molecular formula is C30H27F2N7O3. The van der Waals surface area contributed by atoms with Crippen molar-refractivity contribution in [2.45, 2.75) is 18.5 Å². The number of methoxy groups -OCH3 is 1. The first-order valence-corrected chi connectivity index (χ1v) is 13.3. The van der Waals surface area contributed by atoms with E-state index in [0.717, 1.165) is 13.0 Å². The number of hydrogen-bond donors (Lipinski definition) is 3. The van der Waals surface area contributed by atoms with Crippen LogP contribution in [-0.4, -0.2) is 66.1 Å². The smallest absolute Gasteiger partial charge is 0.269 e. The quantitative estimate of drug-likeness (QED) is 0.308. The number of hydrogen-bond acceptors (Lipinski definition) is 8. The summed E-state index contributed by atoms with van der Waals surface area (Å²) in [6, 6.07) is 10.9. The number of primary amides is 1. The van der Waals surface area contributed by atoms with Crippen molar-refractivity contribution in [3.8, 4) is 39.4 Å². The van der Waals surface area contributed by atoms with Crippen molar-refractivity contribution in [3.05, 3.63) is 77.9 Å². The molecule has 0 unspecified atom stereocenters.